The van der Waals surface area contributed by atoms with Crippen LogP contribution in [-0.2, 0) is 11.8 Å². The molecule has 1 aliphatic heterocycles. The number of nitrogens with zero attached hydrogens (tertiary/aromatic N) is 4. The van der Waals surface area contributed by atoms with Crippen LogP contribution in [0.15, 0.2) is 30.6 Å². The Hall–Kier alpha value is -2.49. The SMILES string of the molecule is Cc1cc([N+](=O)[O-])ccc1NC(=O)CCN1CCNCC1c1nccn1C.Cl. The summed E-state index contributed by atoms with van der Waals surface area (Å²) >= 11 is 0. The largest absolute Gasteiger partial charge is 0.337 e. The number of hydrogen-bond acceptors (Lipinski definition) is 6. The zero-order chi connectivity index (χ0) is 19.4. The second-order valence-electron chi connectivity index (χ2n) is 6.71. The van der Waals surface area contributed by atoms with Crippen LogP contribution in [0.25, 0.3) is 0 Å². The van der Waals surface area contributed by atoms with Gasteiger partial charge in [0.15, 0.2) is 0 Å². The van der Waals surface area contributed by atoms with Gasteiger partial charge in [-0.05, 0) is 18.6 Å². The Bertz CT molecular complexity index is 840. The van der Waals surface area contributed by atoms with Gasteiger partial charge in [-0.2, -0.15) is 0 Å². The van der Waals surface area contributed by atoms with Crippen molar-refractivity contribution in [2.75, 3.05) is 31.5 Å². The van der Waals surface area contributed by atoms with E-state index in [9.17, 15) is 14.9 Å². The second kappa shape index (κ2) is 9.63. The predicted octanol–water partition coefficient (Wildman–Crippen LogP) is 2.03. The van der Waals surface area contributed by atoms with Crippen LogP contribution in [0.2, 0.25) is 0 Å². The molecule has 1 aromatic heterocycles. The molecule has 28 heavy (non-hydrogen) atoms. The first kappa shape index (κ1) is 21.8. The maximum absolute atomic E-state index is 12.4. The van der Waals surface area contributed by atoms with Crippen LogP contribution in [0.3, 0.4) is 0 Å². The van der Waals surface area contributed by atoms with Crippen LogP contribution in [-0.4, -0.2) is 51.5 Å². The van der Waals surface area contributed by atoms with Crippen molar-refractivity contribution in [3.8, 4) is 0 Å². The molecule has 1 atom stereocenters. The van der Waals surface area contributed by atoms with Gasteiger partial charge in [0.25, 0.3) is 5.69 Å². The molecule has 10 heteroatoms. The number of imidazole rings is 1. The van der Waals surface area contributed by atoms with Gasteiger partial charge in [-0.15, -0.1) is 12.4 Å². The molecule has 1 amide bonds. The molecule has 9 nitrogen and oxygen atoms in total. The van der Waals surface area contributed by atoms with E-state index < -0.39 is 4.92 Å². The van der Waals surface area contributed by atoms with Crippen molar-refractivity contribution in [1.82, 2.24) is 19.8 Å². The fraction of sp³-hybridized carbons (Fsp3) is 0.444. The molecule has 0 aliphatic carbocycles. The minimum absolute atomic E-state index is 0. The van der Waals surface area contributed by atoms with E-state index >= 15 is 0 Å². The molecule has 1 aromatic carbocycles. The summed E-state index contributed by atoms with van der Waals surface area (Å²) in [5.41, 5.74) is 1.29. The fourth-order valence-corrected chi connectivity index (χ4v) is 3.33. The van der Waals surface area contributed by atoms with Crippen molar-refractivity contribution in [3.63, 3.8) is 0 Å². The molecule has 0 spiro atoms. The molecule has 1 fully saturated rings. The summed E-state index contributed by atoms with van der Waals surface area (Å²) in [6.45, 7) is 4.90. The number of nitro benzene ring substituents is 1. The lowest BCUT2D eigenvalue weighted by Crippen LogP contribution is -2.47. The van der Waals surface area contributed by atoms with E-state index in [-0.39, 0.29) is 30.0 Å². The number of carbonyl (C=O) groups is 1. The lowest BCUT2D eigenvalue weighted by molar-refractivity contribution is -0.384. The first-order valence-electron chi connectivity index (χ1n) is 8.92. The first-order chi connectivity index (χ1) is 13.0. The van der Waals surface area contributed by atoms with Gasteiger partial charge in [-0.1, -0.05) is 0 Å². The third-order valence-corrected chi connectivity index (χ3v) is 4.83. The molecular weight excluding hydrogens is 384 g/mol. The topological polar surface area (TPSA) is 105 Å². The molecule has 1 aliphatic rings. The molecular formula is C18H25ClN6O3. The quantitative estimate of drug-likeness (QED) is 0.559. The monoisotopic (exact) mass is 408 g/mol. The number of non-ortho nitro benzene ring substituents is 1. The van der Waals surface area contributed by atoms with E-state index in [1.807, 2.05) is 17.8 Å². The number of amides is 1. The minimum Gasteiger partial charge on any atom is -0.337 e. The zero-order valence-corrected chi connectivity index (χ0v) is 16.7. The molecule has 1 saturated heterocycles. The van der Waals surface area contributed by atoms with Gasteiger partial charge in [0.2, 0.25) is 5.91 Å². The number of benzene rings is 1. The van der Waals surface area contributed by atoms with Gasteiger partial charge in [0.1, 0.15) is 5.82 Å². The van der Waals surface area contributed by atoms with E-state index in [0.717, 1.165) is 25.5 Å². The van der Waals surface area contributed by atoms with Crippen LogP contribution in [0.1, 0.15) is 23.9 Å². The van der Waals surface area contributed by atoms with Gasteiger partial charge in [-0.25, -0.2) is 4.98 Å². The molecule has 0 bridgehead atoms. The highest BCUT2D eigenvalue weighted by molar-refractivity contribution is 5.91. The summed E-state index contributed by atoms with van der Waals surface area (Å²) in [7, 11) is 1.97. The molecule has 0 radical (unpaired) electrons. The smallest absolute Gasteiger partial charge is 0.269 e. The number of carbonyl (C=O) groups excluding carboxylic acids is 1. The maximum atomic E-state index is 12.4. The maximum Gasteiger partial charge on any atom is 0.269 e. The summed E-state index contributed by atoms with van der Waals surface area (Å²) in [6, 6.07) is 4.57. The Morgan fingerprint density at radius 2 is 2.25 bits per heavy atom. The van der Waals surface area contributed by atoms with Crippen molar-refractivity contribution in [2.24, 2.45) is 7.05 Å². The standard InChI is InChI=1S/C18H24N6O3.ClH/c1-13-11-14(24(26)27)3-4-15(13)21-17(25)5-8-23-10-6-19-12-16(23)18-20-7-9-22(18)2;/h3-4,7,9,11,16,19H,5-6,8,10,12H2,1-2H3,(H,21,25);1H. The number of anilines is 1. The molecule has 2 heterocycles. The summed E-state index contributed by atoms with van der Waals surface area (Å²) in [4.78, 5) is 29.5. The average molecular weight is 409 g/mol. The molecule has 1 unspecified atom stereocenters. The third kappa shape index (κ3) is 5.06. The number of nitrogens with one attached hydrogen (secondary N) is 2. The van der Waals surface area contributed by atoms with E-state index in [2.05, 4.69) is 20.5 Å². The number of piperazine rings is 1. The average Bonchev–Trinajstić information content (AvgIpc) is 3.07. The first-order valence-corrected chi connectivity index (χ1v) is 8.92. The van der Waals surface area contributed by atoms with Gasteiger partial charge < -0.3 is 15.2 Å². The number of nitro groups is 1. The zero-order valence-electron chi connectivity index (χ0n) is 15.9. The van der Waals surface area contributed by atoms with Crippen molar-refractivity contribution in [3.05, 3.63) is 52.1 Å². The number of aromatic nitrogens is 2. The minimum atomic E-state index is -0.444. The van der Waals surface area contributed by atoms with E-state index in [4.69, 9.17) is 0 Å². The fourth-order valence-electron chi connectivity index (χ4n) is 3.33. The molecule has 3 rings (SSSR count). The second-order valence-corrected chi connectivity index (χ2v) is 6.71. The van der Waals surface area contributed by atoms with Crippen molar-refractivity contribution >= 4 is 29.7 Å². The Morgan fingerprint density at radius 1 is 1.46 bits per heavy atom. The summed E-state index contributed by atoms with van der Waals surface area (Å²) in [5.74, 6) is 0.873. The van der Waals surface area contributed by atoms with Crippen LogP contribution in [0, 0.1) is 17.0 Å². The van der Waals surface area contributed by atoms with Crippen LogP contribution in [0.5, 0.6) is 0 Å². The third-order valence-electron chi connectivity index (χ3n) is 4.83. The van der Waals surface area contributed by atoms with Crippen molar-refractivity contribution in [2.45, 2.75) is 19.4 Å². The Kier molecular flexibility index (Phi) is 7.50. The lowest BCUT2D eigenvalue weighted by Gasteiger charge is -2.35. The summed E-state index contributed by atoms with van der Waals surface area (Å²) in [5, 5.41) is 17.0. The Labute approximate surface area is 169 Å². The van der Waals surface area contributed by atoms with Crippen molar-refractivity contribution in [1.29, 1.82) is 0 Å². The highest BCUT2D eigenvalue weighted by Crippen LogP contribution is 2.22. The van der Waals surface area contributed by atoms with Crippen LogP contribution >= 0.6 is 12.4 Å². The number of aryl methyl sites for hydroxylation is 2. The highest BCUT2D eigenvalue weighted by atomic mass is 35.5. The number of rotatable bonds is 6. The van der Waals surface area contributed by atoms with Gasteiger partial charge in [0.05, 0.1) is 11.0 Å². The van der Waals surface area contributed by atoms with Gasteiger partial charge >= 0.3 is 0 Å². The number of hydrogen-bond donors (Lipinski definition) is 2. The molecule has 152 valence electrons. The molecule has 2 N–H and O–H groups in total. The normalized spacial score (nSPS) is 17.0. The Morgan fingerprint density at radius 3 is 2.89 bits per heavy atom. The van der Waals surface area contributed by atoms with E-state index in [1.54, 1.807) is 19.2 Å². The lowest BCUT2D eigenvalue weighted by atomic mass is 10.1. The van der Waals surface area contributed by atoms with Crippen LogP contribution < -0.4 is 10.6 Å². The van der Waals surface area contributed by atoms with Gasteiger partial charge in [-0.3, -0.25) is 19.8 Å². The Balaban J connectivity index is 0.00000280. The summed E-state index contributed by atoms with van der Waals surface area (Å²) < 4.78 is 2.00. The van der Waals surface area contributed by atoms with Crippen molar-refractivity contribution < 1.29 is 9.72 Å². The number of halogens is 1. The van der Waals surface area contributed by atoms with Gasteiger partial charge in [0, 0.05) is 69.9 Å². The molecule has 2 aromatic rings. The van der Waals surface area contributed by atoms with E-state index in [0.29, 0.717) is 24.2 Å². The van der Waals surface area contributed by atoms with E-state index in [1.165, 1.54) is 12.1 Å². The van der Waals surface area contributed by atoms with Crippen LogP contribution in [0.4, 0.5) is 11.4 Å². The highest BCUT2D eigenvalue weighted by Gasteiger charge is 2.26. The predicted molar refractivity (Wildman–Crippen MR) is 109 cm³/mol. The molecule has 0 saturated carbocycles. The summed E-state index contributed by atoms with van der Waals surface area (Å²) in [6.07, 6.45) is 4.05.